The second-order valence-electron chi connectivity index (χ2n) is 6.09. The average molecular weight is 380 g/mol. The van der Waals surface area contributed by atoms with Crippen molar-refractivity contribution in [1.29, 1.82) is 0 Å². The Bertz CT molecular complexity index is 251. The molecule has 0 N–H and O–H groups in total. The molecule has 0 saturated heterocycles. The predicted octanol–water partition coefficient (Wildman–Crippen LogP) is 5.88. The number of hydrogen-bond acceptors (Lipinski definition) is 1. The Labute approximate surface area is 145 Å². The van der Waals surface area contributed by atoms with E-state index in [1.54, 1.807) is 0 Å². The molecule has 1 amide bonds. The fourth-order valence-electron chi connectivity index (χ4n) is 2.63. The average Bonchev–Trinajstić information content (AvgIpc) is 2.54. The summed E-state index contributed by atoms with van der Waals surface area (Å²) in [6.07, 6.45) is 13.8. The fourth-order valence-corrected chi connectivity index (χ4v) is 2.99. The SMILES string of the molecule is CCCCCCCCN(CCCCCCCCF)C(=O)CBr. The number of unbranched alkanes of at least 4 members (excludes halogenated alkanes) is 10. The smallest absolute Gasteiger partial charge is 0.233 e. The van der Waals surface area contributed by atoms with Crippen molar-refractivity contribution >= 4 is 21.8 Å². The molecule has 0 rings (SSSR count). The van der Waals surface area contributed by atoms with E-state index in [0.717, 1.165) is 51.6 Å². The van der Waals surface area contributed by atoms with Crippen LogP contribution in [0.15, 0.2) is 0 Å². The zero-order valence-electron chi connectivity index (χ0n) is 14.4. The second-order valence-corrected chi connectivity index (χ2v) is 6.65. The second kappa shape index (κ2) is 17.2. The highest BCUT2D eigenvalue weighted by Crippen LogP contribution is 2.10. The van der Waals surface area contributed by atoms with Crippen LogP contribution in [0.4, 0.5) is 4.39 Å². The van der Waals surface area contributed by atoms with Crippen molar-refractivity contribution in [3.63, 3.8) is 0 Å². The standard InChI is InChI=1S/C18H35BrFNO/c1-2-3-4-5-9-12-15-21(18(22)17-19)16-13-10-7-6-8-11-14-20/h2-17H2,1H3. The van der Waals surface area contributed by atoms with E-state index in [2.05, 4.69) is 22.9 Å². The van der Waals surface area contributed by atoms with E-state index in [1.807, 2.05) is 4.90 Å². The Kier molecular flexibility index (Phi) is 17.1. The van der Waals surface area contributed by atoms with Gasteiger partial charge >= 0.3 is 0 Å². The Morgan fingerprint density at radius 2 is 1.27 bits per heavy atom. The van der Waals surface area contributed by atoms with Crippen LogP contribution in [0.5, 0.6) is 0 Å². The minimum atomic E-state index is -0.189. The van der Waals surface area contributed by atoms with Crippen molar-refractivity contribution in [2.75, 3.05) is 25.1 Å². The lowest BCUT2D eigenvalue weighted by molar-refractivity contribution is -0.128. The summed E-state index contributed by atoms with van der Waals surface area (Å²) in [6, 6.07) is 0. The predicted molar refractivity (Wildman–Crippen MR) is 97.4 cm³/mol. The number of rotatable bonds is 16. The zero-order valence-corrected chi connectivity index (χ0v) is 16.0. The maximum absolute atomic E-state index is 12.0. The zero-order chi connectivity index (χ0) is 16.5. The monoisotopic (exact) mass is 379 g/mol. The lowest BCUT2D eigenvalue weighted by atomic mass is 10.1. The van der Waals surface area contributed by atoms with Crippen molar-refractivity contribution in [1.82, 2.24) is 4.90 Å². The molecule has 0 unspecified atom stereocenters. The number of halogens is 2. The molecule has 0 aliphatic rings. The van der Waals surface area contributed by atoms with Gasteiger partial charge in [-0.2, -0.15) is 0 Å². The number of carbonyl (C=O) groups excluding carboxylic acids is 1. The van der Waals surface area contributed by atoms with Crippen LogP contribution in [0, 0.1) is 0 Å². The van der Waals surface area contributed by atoms with Gasteiger partial charge in [0.1, 0.15) is 0 Å². The molecule has 2 nitrogen and oxygen atoms in total. The Balaban J connectivity index is 3.68. The van der Waals surface area contributed by atoms with Crippen LogP contribution in [0.1, 0.15) is 84.0 Å². The van der Waals surface area contributed by atoms with Crippen LogP contribution >= 0.6 is 15.9 Å². The van der Waals surface area contributed by atoms with Gasteiger partial charge in [0.2, 0.25) is 5.91 Å². The van der Waals surface area contributed by atoms with E-state index in [0.29, 0.717) is 11.8 Å². The van der Waals surface area contributed by atoms with Gasteiger partial charge in [-0.3, -0.25) is 9.18 Å². The summed E-state index contributed by atoms with van der Waals surface area (Å²) in [4.78, 5) is 13.9. The van der Waals surface area contributed by atoms with E-state index in [-0.39, 0.29) is 12.6 Å². The van der Waals surface area contributed by atoms with Gasteiger partial charge in [-0.1, -0.05) is 80.6 Å². The number of nitrogens with zero attached hydrogens (tertiary/aromatic N) is 1. The molecule has 132 valence electrons. The highest BCUT2D eigenvalue weighted by Gasteiger charge is 2.10. The van der Waals surface area contributed by atoms with Crippen molar-refractivity contribution < 1.29 is 9.18 Å². The third-order valence-electron chi connectivity index (χ3n) is 4.06. The first kappa shape index (κ1) is 21.9. The molecule has 0 aromatic rings. The first-order chi connectivity index (χ1) is 10.8. The number of alkyl halides is 2. The minimum absolute atomic E-state index is 0.189. The molecule has 0 fully saturated rings. The normalized spacial score (nSPS) is 10.9. The largest absolute Gasteiger partial charge is 0.342 e. The van der Waals surface area contributed by atoms with Crippen molar-refractivity contribution in [2.24, 2.45) is 0 Å². The first-order valence-electron chi connectivity index (χ1n) is 9.16. The lowest BCUT2D eigenvalue weighted by Gasteiger charge is -2.22. The van der Waals surface area contributed by atoms with E-state index in [4.69, 9.17) is 0 Å². The van der Waals surface area contributed by atoms with Gasteiger partial charge in [-0.15, -0.1) is 0 Å². The van der Waals surface area contributed by atoms with Gasteiger partial charge < -0.3 is 4.90 Å². The van der Waals surface area contributed by atoms with Crippen LogP contribution in [0.3, 0.4) is 0 Å². The van der Waals surface area contributed by atoms with Gasteiger partial charge in [0.25, 0.3) is 0 Å². The van der Waals surface area contributed by atoms with E-state index < -0.39 is 0 Å². The lowest BCUT2D eigenvalue weighted by Crippen LogP contribution is -2.33. The molecule has 4 heteroatoms. The summed E-state index contributed by atoms with van der Waals surface area (Å²) in [5, 5.41) is 0.430. The van der Waals surface area contributed by atoms with Crippen molar-refractivity contribution in [3.05, 3.63) is 0 Å². The molecule has 0 bridgehead atoms. The quantitative estimate of drug-likeness (QED) is 0.242. The highest BCUT2D eigenvalue weighted by molar-refractivity contribution is 9.09. The number of hydrogen-bond donors (Lipinski definition) is 0. The maximum Gasteiger partial charge on any atom is 0.233 e. The molecule has 0 spiro atoms. The molecule has 0 aliphatic heterocycles. The Morgan fingerprint density at radius 3 is 1.73 bits per heavy atom. The van der Waals surface area contributed by atoms with Gasteiger partial charge in [-0.05, 0) is 19.3 Å². The van der Waals surface area contributed by atoms with E-state index in [9.17, 15) is 9.18 Å². The number of carbonyl (C=O) groups is 1. The molecule has 0 aliphatic carbocycles. The molecular formula is C18H35BrFNO. The van der Waals surface area contributed by atoms with E-state index >= 15 is 0 Å². The summed E-state index contributed by atoms with van der Waals surface area (Å²) in [5.74, 6) is 0.214. The minimum Gasteiger partial charge on any atom is -0.342 e. The maximum atomic E-state index is 12.0. The van der Waals surface area contributed by atoms with Crippen molar-refractivity contribution in [2.45, 2.75) is 84.0 Å². The highest BCUT2D eigenvalue weighted by atomic mass is 79.9. The van der Waals surface area contributed by atoms with Gasteiger partial charge in [-0.25, -0.2) is 0 Å². The fraction of sp³-hybridized carbons (Fsp3) is 0.944. The van der Waals surface area contributed by atoms with Crippen molar-refractivity contribution in [3.8, 4) is 0 Å². The molecule has 0 heterocycles. The van der Waals surface area contributed by atoms with Gasteiger partial charge in [0, 0.05) is 13.1 Å². The summed E-state index contributed by atoms with van der Waals surface area (Å²) >= 11 is 3.28. The van der Waals surface area contributed by atoms with Crippen LogP contribution in [0.2, 0.25) is 0 Å². The van der Waals surface area contributed by atoms with Gasteiger partial charge in [0.15, 0.2) is 0 Å². The molecule has 0 atom stereocenters. The van der Waals surface area contributed by atoms with Gasteiger partial charge in [0.05, 0.1) is 12.0 Å². The third-order valence-corrected chi connectivity index (χ3v) is 4.54. The molecule has 0 radical (unpaired) electrons. The Hall–Kier alpha value is -0.120. The summed E-state index contributed by atoms with van der Waals surface area (Å²) in [5.41, 5.74) is 0. The van der Waals surface area contributed by atoms with Crippen LogP contribution in [-0.4, -0.2) is 35.9 Å². The van der Waals surface area contributed by atoms with Crippen LogP contribution in [-0.2, 0) is 4.79 Å². The molecule has 0 aromatic heterocycles. The topological polar surface area (TPSA) is 20.3 Å². The molecule has 0 saturated carbocycles. The molecular weight excluding hydrogens is 345 g/mol. The summed E-state index contributed by atoms with van der Waals surface area (Å²) in [7, 11) is 0. The molecule has 0 aromatic carbocycles. The summed E-state index contributed by atoms with van der Waals surface area (Å²) < 4.78 is 12.0. The first-order valence-corrected chi connectivity index (χ1v) is 10.3. The molecule has 22 heavy (non-hydrogen) atoms. The Morgan fingerprint density at radius 1 is 0.818 bits per heavy atom. The van der Waals surface area contributed by atoms with E-state index in [1.165, 1.54) is 32.1 Å². The van der Waals surface area contributed by atoms with Crippen LogP contribution in [0.25, 0.3) is 0 Å². The van der Waals surface area contributed by atoms with Crippen LogP contribution < -0.4 is 0 Å². The number of amides is 1. The summed E-state index contributed by atoms with van der Waals surface area (Å²) in [6.45, 7) is 3.82. The third kappa shape index (κ3) is 13.5.